The lowest BCUT2D eigenvalue weighted by Gasteiger charge is -2.04. The van der Waals surface area contributed by atoms with E-state index < -0.39 is 0 Å². The third kappa shape index (κ3) is 3.45. The van der Waals surface area contributed by atoms with E-state index in [1.54, 1.807) is 12.1 Å². The zero-order valence-corrected chi connectivity index (χ0v) is 10.2. The van der Waals surface area contributed by atoms with E-state index in [1.807, 2.05) is 30.1 Å². The van der Waals surface area contributed by atoms with Crippen molar-refractivity contribution in [2.75, 3.05) is 0 Å². The summed E-state index contributed by atoms with van der Waals surface area (Å²) in [4.78, 5) is 11.7. The van der Waals surface area contributed by atoms with Gasteiger partial charge in [0.1, 0.15) is 5.82 Å². The number of nitrogens with zero attached hydrogens (tertiary/aromatic N) is 1. The maximum absolute atomic E-state index is 12.7. The molecule has 0 unspecified atom stereocenters. The SMILES string of the molecule is Cn1ccc(CC(=O)NCc2ccc(F)cc2)c1. The Morgan fingerprint density at radius 2 is 1.94 bits per heavy atom. The molecule has 2 aromatic rings. The van der Waals surface area contributed by atoms with E-state index >= 15 is 0 Å². The molecular weight excluding hydrogens is 231 g/mol. The van der Waals surface area contributed by atoms with Gasteiger partial charge in [0.25, 0.3) is 0 Å². The van der Waals surface area contributed by atoms with Gasteiger partial charge in [0.2, 0.25) is 5.91 Å². The molecule has 2 rings (SSSR count). The van der Waals surface area contributed by atoms with Gasteiger partial charge in [-0.1, -0.05) is 12.1 Å². The molecule has 0 saturated heterocycles. The van der Waals surface area contributed by atoms with Crippen LogP contribution in [-0.2, 0) is 24.8 Å². The van der Waals surface area contributed by atoms with Crippen LogP contribution in [0.15, 0.2) is 42.7 Å². The van der Waals surface area contributed by atoms with Crippen molar-refractivity contribution < 1.29 is 9.18 Å². The van der Waals surface area contributed by atoms with Crippen LogP contribution < -0.4 is 5.32 Å². The van der Waals surface area contributed by atoms with Gasteiger partial charge in [0.05, 0.1) is 6.42 Å². The summed E-state index contributed by atoms with van der Waals surface area (Å²) in [7, 11) is 1.92. The van der Waals surface area contributed by atoms with E-state index in [0.29, 0.717) is 13.0 Å². The smallest absolute Gasteiger partial charge is 0.224 e. The van der Waals surface area contributed by atoms with Crippen LogP contribution in [0.5, 0.6) is 0 Å². The number of aromatic nitrogens is 1. The number of carbonyl (C=O) groups is 1. The highest BCUT2D eigenvalue weighted by molar-refractivity contribution is 5.78. The molecule has 1 N–H and O–H groups in total. The first-order valence-corrected chi connectivity index (χ1v) is 5.75. The fourth-order valence-corrected chi connectivity index (χ4v) is 1.72. The normalized spacial score (nSPS) is 10.3. The number of hydrogen-bond donors (Lipinski definition) is 1. The summed E-state index contributed by atoms with van der Waals surface area (Å²) in [5.41, 5.74) is 1.87. The van der Waals surface area contributed by atoms with Crippen LogP contribution in [0.1, 0.15) is 11.1 Å². The van der Waals surface area contributed by atoms with Crippen molar-refractivity contribution in [3.63, 3.8) is 0 Å². The van der Waals surface area contributed by atoms with Crippen LogP contribution in [0.4, 0.5) is 4.39 Å². The molecule has 0 radical (unpaired) electrons. The van der Waals surface area contributed by atoms with E-state index in [1.165, 1.54) is 12.1 Å². The second kappa shape index (κ2) is 5.49. The molecule has 18 heavy (non-hydrogen) atoms. The van der Waals surface area contributed by atoms with Gasteiger partial charge < -0.3 is 9.88 Å². The quantitative estimate of drug-likeness (QED) is 0.880. The maximum atomic E-state index is 12.7. The number of aryl methyl sites for hydroxylation is 1. The lowest BCUT2D eigenvalue weighted by atomic mass is 10.2. The van der Waals surface area contributed by atoms with E-state index in [2.05, 4.69) is 5.32 Å². The number of carbonyl (C=O) groups excluding carboxylic acids is 1. The lowest BCUT2D eigenvalue weighted by Crippen LogP contribution is -2.24. The molecule has 3 nitrogen and oxygen atoms in total. The van der Waals surface area contributed by atoms with Gasteiger partial charge in [-0.15, -0.1) is 0 Å². The van der Waals surface area contributed by atoms with E-state index in [-0.39, 0.29) is 11.7 Å². The van der Waals surface area contributed by atoms with Crippen molar-refractivity contribution in [1.29, 1.82) is 0 Å². The first-order chi connectivity index (χ1) is 8.63. The monoisotopic (exact) mass is 246 g/mol. The molecule has 0 aliphatic rings. The topological polar surface area (TPSA) is 34.0 Å². The highest BCUT2D eigenvalue weighted by atomic mass is 19.1. The van der Waals surface area contributed by atoms with Crippen molar-refractivity contribution in [3.8, 4) is 0 Å². The Morgan fingerprint density at radius 1 is 1.22 bits per heavy atom. The first kappa shape index (κ1) is 12.4. The number of rotatable bonds is 4. The van der Waals surface area contributed by atoms with Crippen LogP contribution >= 0.6 is 0 Å². The minimum absolute atomic E-state index is 0.0366. The van der Waals surface area contributed by atoms with Gasteiger partial charge in [-0.25, -0.2) is 4.39 Å². The number of amides is 1. The molecule has 1 heterocycles. The molecular formula is C14H15FN2O. The molecule has 0 atom stereocenters. The minimum Gasteiger partial charge on any atom is -0.357 e. The Labute approximate surface area is 105 Å². The maximum Gasteiger partial charge on any atom is 0.224 e. The summed E-state index contributed by atoms with van der Waals surface area (Å²) in [5.74, 6) is -0.306. The van der Waals surface area contributed by atoms with Crippen molar-refractivity contribution >= 4 is 5.91 Å². The molecule has 1 aromatic heterocycles. The van der Waals surface area contributed by atoms with Gasteiger partial charge in [-0.3, -0.25) is 4.79 Å². The Balaban J connectivity index is 1.83. The summed E-state index contributed by atoms with van der Waals surface area (Å²) in [6.07, 6.45) is 4.18. The summed E-state index contributed by atoms with van der Waals surface area (Å²) in [6.45, 7) is 0.423. The molecule has 0 aliphatic heterocycles. The molecule has 4 heteroatoms. The predicted octanol–water partition coefficient (Wildman–Crippen LogP) is 2.02. The number of nitrogens with one attached hydrogen (secondary N) is 1. The van der Waals surface area contributed by atoms with Gasteiger partial charge >= 0.3 is 0 Å². The first-order valence-electron chi connectivity index (χ1n) is 5.75. The van der Waals surface area contributed by atoms with E-state index in [9.17, 15) is 9.18 Å². The van der Waals surface area contributed by atoms with Crippen molar-refractivity contribution in [1.82, 2.24) is 9.88 Å². The minimum atomic E-state index is -0.269. The zero-order chi connectivity index (χ0) is 13.0. The van der Waals surface area contributed by atoms with Gasteiger partial charge in [0, 0.05) is 26.0 Å². The Hall–Kier alpha value is -2.10. The molecule has 1 amide bonds. The second-order valence-electron chi connectivity index (χ2n) is 4.27. The summed E-state index contributed by atoms with van der Waals surface area (Å²) < 4.78 is 14.6. The van der Waals surface area contributed by atoms with Gasteiger partial charge in [-0.2, -0.15) is 0 Å². The molecule has 0 spiro atoms. The fraction of sp³-hybridized carbons (Fsp3) is 0.214. The summed E-state index contributed by atoms with van der Waals surface area (Å²) in [6, 6.07) is 8.02. The van der Waals surface area contributed by atoms with Crippen molar-refractivity contribution in [2.45, 2.75) is 13.0 Å². The van der Waals surface area contributed by atoms with Gasteiger partial charge in [-0.05, 0) is 29.3 Å². The molecule has 94 valence electrons. The van der Waals surface area contributed by atoms with E-state index in [4.69, 9.17) is 0 Å². The number of benzene rings is 1. The van der Waals surface area contributed by atoms with Gasteiger partial charge in [0.15, 0.2) is 0 Å². The second-order valence-corrected chi connectivity index (χ2v) is 4.27. The highest BCUT2D eigenvalue weighted by Crippen LogP contribution is 2.03. The average Bonchev–Trinajstić information content (AvgIpc) is 2.74. The Morgan fingerprint density at radius 3 is 2.56 bits per heavy atom. The van der Waals surface area contributed by atoms with Crippen LogP contribution in [-0.4, -0.2) is 10.5 Å². The van der Waals surface area contributed by atoms with Crippen molar-refractivity contribution in [3.05, 3.63) is 59.7 Å². The number of hydrogen-bond acceptors (Lipinski definition) is 1. The Kier molecular flexibility index (Phi) is 3.77. The molecule has 0 fully saturated rings. The van der Waals surface area contributed by atoms with Crippen molar-refractivity contribution in [2.24, 2.45) is 7.05 Å². The predicted molar refractivity (Wildman–Crippen MR) is 67.4 cm³/mol. The summed E-state index contributed by atoms with van der Waals surface area (Å²) >= 11 is 0. The third-order valence-electron chi connectivity index (χ3n) is 2.66. The third-order valence-corrected chi connectivity index (χ3v) is 2.66. The molecule has 1 aromatic carbocycles. The zero-order valence-electron chi connectivity index (χ0n) is 10.2. The van der Waals surface area contributed by atoms with Crippen LogP contribution in [0.2, 0.25) is 0 Å². The van der Waals surface area contributed by atoms with Crippen LogP contribution in [0.25, 0.3) is 0 Å². The number of halogens is 1. The lowest BCUT2D eigenvalue weighted by molar-refractivity contribution is -0.120. The standard InChI is InChI=1S/C14H15FN2O/c1-17-7-6-12(10-17)8-14(18)16-9-11-2-4-13(15)5-3-11/h2-7,10H,8-9H2,1H3,(H,16,18). The molecule has 0 aliphatic carbocycles. The van der Waals surface area contributed by atoms with E-state index in [0.717, 1.165) is 11.1 Å². The average molecular weight is 246 g/mol. The Bertz CT molecular complexity index is 531. The fourth-order valence-electron chi connectivity index (χ4n) is 1.72. The highest BCUT2D eigenvalue weighted by Gasteiger charge is 2.04. The molecule has 0 saturated carbocycles. The van der Waals surface area contributed by atoms with Crippen LogP contribution in [0.3, 0.4) is 0 Å². The van der Waals surface area contributed by atoms with Crippen LogP contribution in [0, 0.1) is 5.82 Å². The summed E-state index contributed by atoms with van der Waals surface area (Å²) in [5, 5.41) is 2.81. The molecule has 0 bridgehead atoms. The largest absolute Gasteiger partial charge is 0.357 e.